The molecule has 166 valence electrons. The molecular weight excluding hydrogens is 458 g/mol. The SMILES string of the molecule is c1ccc(-c2ccc3sc4c(cc5c6ccccc6n6c7nc8ccccc8nc7c4c56)c3c2)cc1. The fourth-order valence-corrected chi connectivity index (χ4v) is 7.13. The van der Waals surface area contributed by atoms with Gasteiger partial charge < -0.3 is 0 Å². The molecule has 9 aromatic rings. The lowest BCUT2D eigenvalue weighted by atomic mass is 10.0. The van der Waals surface area contributed by atoms with Crippen LogP contribution in [0.1, 0.15) is 0 Å². The number of aromatic nitrogens is 3. The van der Waals surface area contributed by atoms with Gasteiger partial charge in [0.25, 0.3) is 0 Å². The molecule has 0 saturated heterocycles. The number of hydrogen-bond acceptors (Lipinski definition) is 3. The van der Waals surface area contributed by atoms with Crippen molar-refractivity contribution in [2.75, 3.05) is 0 Å². The van der Waals surface area contributed by atoms with E-state index in [0.717, 1.165) is 22.2 Å². The van der Waals surface area contributed by atoms with Crippen molar-refractivity contribution in [3.8, 4) is 11.1 Å². The van der Waals surface area contributed by atoms with Crippen LogP contribution in [0.25, 0.3) is 80.7 Å². The zero-order valence-corrected chi connectivity index (χ0v) is 19.9. The Bertz CT molecular complexity index is 2310. The van der Waals surface area contributed by atoms with Crippen molar-refractivity contribution in [1.29, 1.82) is 0 Å². The molecule has 0 aliphatic rings. The fraction of sp³-hybridized carbons (Fsp3) is 0. The molecule has 36 heavy (non-hydrogen) atoms. The average molecular weight is 476 g/mol. The van der Waals surface area contributed by atoms with Gasteiger partial charge in [-0.25, -0.2) is 9.97 Å². The second-order valence-corrected chi connectivity index (χ2v) is 10.5. The molecule has 4 heteroatoms. The molecule has 0 spiro atoms. The van der Waals surface area contributed by atoms with E-state index >= 15 is 0 Å². The first-order valence-corrected chi connectivity index (χ1v) is 12.9. The van der Waals surface area contributed by atoms with Gasteiger partial charge in [0.15, 0.2) is 5.65 Å². The summed E-state index contributed by atoms with van der Waals surface area (Å²) in [6, 6.07) is 36.7. The first-order chi connectivity index (χ1) is 17.8. The summed E-state index contributed by atoms with van der Waals surface area (Å²) in [5, 5.41) is 6.33. The highest BCUT2D eigenvalue weighted by atomic mass is 32.1. The number of fused-ring (bicyclic) bond motifs is 11. The van der Waals surface area contributed by atoms with Crippen LogP contribution in [0.5, 0.6) is 0 Å². The van der Waals surface area contributed by atoms with Crippen molar-refractivity contribution >= 4 is 80.9 Å². The minimum absolute atomic E-state index is 0.926. The zero-order chi connectivity index (χ0) is 23.4. The van der Waals surface area contributed by atoms with Gasteiger partial charge in [-0.05, 0) is 47.5 Å². The van der Waals surface area contributed by atoms with Crippen LogP contribution in [0.3, 0.4) is 0 Å². The maximum atomic E-state index is 5.18. The van der Waals surface area contributed by atoms with E-state index in [-0.39, 0.29) is 0 Å². The predicted octanol–water partition coefficient (Wildman–Crippen LogP) is 8.81. The van der Waals surface area contributed by atoms with Gasteiger partial charge in [-0.15, -0.1) is 11.3 Å². The lowest BCUT2D eigenvalue weighted by molar-refractivity contribution is 1.28. The van der Waals surface area contributed by atoms with Gasteiger partial charge >= 0.3 is 0 Å². The van der Waals surface area contributed by atoms with Crippen LogP contribution in [0.15, 0.2) is 103 Å². The van der Waals surface area contributed by atoms with Crippen LogP contribution in [0.4, 0.5) is 0 Å². The number of hydrogen-bond donors (Lipinski definition) is 0. The van der Waals surface area contributed by atoms with E-state index in [1.54, 1.807) is 0 Å². The Kier molecular flexibility index (Phi) is 3.42. The number of rotatable bonds is 1. The molecule has 0 amide bonds. The number of para-hydroxylation sites is 3. The third-order valence-corrected chi connectivity index (χ3v) is 8.70. The van der Waals surface area contributed by atoms with Crippen molar-refractivity contribution in [1.82, 2.24) is 14.4 Å². The van der Waals surface area contributed by atoms with Crippen molar-refractivity contribution in [2.45, 2.75) is 0 Å². The quantitative estimate of drug-likeness (QED) is 0.237. The van der Waals surface area contributed by atoms with E-state index in [9.17, 15) is 0 Å². The highest BCUT2D eigenvalue weighted by molar-refractivity contribution is 7.26. The summed E-state index contributed by atoms with van der Waals surface area (Å²) in [4.78, 5) is 10.3. The fourth-order valence-electron chi connectivity index (χ4n) is 5.92. The zero-order valence-electron chi connectivity index (χ0n) is 19.1. The Balaban J connectivity index is 1.54. The van der Waals surface area contributed by atoms with Crippen molar-refractivity contribution in [2.24, 2.45) is 0 Å². The second kappa shape index (κ2) is 6.56. The average Bonchev–Trinajstić information content (AvgIpc) is 3.57. The Morgan fingerprint density at radius 3 is 2.25 bits per heavy atom. The topological polar surface area (TPSA) is 30.2 Å². The van der Waals surface area contributed by atoms with Crippen LogP contribution in [-0.2, 0) is 0 Å². The van der Waals surface area contributed by atoms with Gasteiger partial charge in [0.05, 0.1) is 22.1 Å². The van der Waals surface area contributed by atoms with Crippen LogP contribution in [0.2, 0.25) is 0 Å². The minimum atomic E-state index is 0.926. The first-order valence-electron chi connectivity index (χ1n) is 12.1. The molecule has 0 saturated carbocycles. The van der Waals surface area contributed by atoms with Crippen LogP contribution < -0.4 is 0 Å². The Hall–Kier alpha value is -4.54. The highest BCUT2D eigenvalue weighted by Crippen LogP contribution is 2.47. The van der Waals surface area contributed by atoms with Gasteiger partial charge in [0.1, 0.15) is 5.52 Å². The molecule has 0 bridgehead atoms. The van der Waals surface area contributed by atoms with E-state index in [1.165, 1.54) is 58.5 Å². The van der Waals surface area contributed by atoms with Crippen LogP contribution in [-0.4, -0.2) is 14.4 Å². The van der Waals surface area contributed by atoms with E-state index in [4.69, 9.17) is 9.97 Å². The van der Waals surface area contributed by atoms with E-state index < -0.39 is 0 Å². The molecule has 4 aromatic heterocycles. The summed E-state index contributed by atoms with van der Waals surface area (Å²) in [5.41, 5.74) is 8.67. The standard InChI is InChI=1S/C32H17N3S/c1-2-8-18(9-3-1)19-14-15-27-21(16-19)23-17-22-20-10-4-7-13-26(20)35-30(22)28(31(23)36-27)29-32(35)34-25-12-6-5-11-24(25)33-29/h1-17H. The van der Waals surface area contributed by atoms with Gasteiger partial charge in [-0.1, -0.05) is 66.7 Å². The van der Waals surface area contributed by atoms with Gasteiger partial charge in [0, 0.05) is 36.3 Å². The normalized spacial score (nSPS) is 12.4. The van der Waals surface area contributed by atoms with E-state index in [0.29, 0.717) is 0 Å². The second-order valence-electron chi connectivity index (χ2n) is 9.44. The van der Waals surface area contributed by atoms with Crippen molar-refractivity contribution in [3.63, 3.8) is 0 Å². The lowest BCUT2D eigenvalue weighted by Gasteiger charge is -2.02. The third kappa shape index (κ3) is 2.27. The summed E-state index contributed by atoms with van der Waals surface area (Å²) in [6.45, 7) is 0. The molecule has 0 aliphatic carbocycles. The molecule has 5 aromatic carbocycles. The molecule has 0 N–H and O–H groups in total. The number of nitrogens with zero attached hydrogens (tertiary/aromatic N) is 3. The largest absolute Gasteiger partial charge is 0.291 e. The van der Waals surface area contributed by atoms with Gasteiger partial charge in [-0.3, -0.25) is 4.40 Å². The molecule has 0 aliphatic heterocycles. The third-order valence-electron chi connectivity index (χ3n) is 7.50. The molecular formula is C32H17N3S. The summed E-state index contributed by atoms with van der Waals surface area (Å²) in [7, 11) is 0. The van der Waals surface area contributed by atoms with Crippen molar-refractivity contribution in [3.05, 3.63) is 103 Å². The lowest BCUT2D eigenvalue weighted by Crippen LogP contribution is -1.88. The molecule has 0 unspecified atom stereocenters. The molecule has 9 rings (SSSR count). The predicted molar refractivity (Wildman–Crippen MR) is 153 cm³/mol. The van der Waals surface area contributed by atoms with Crippen molar-refractivity contribution < 1.29 is 0 Å². The van der Waals surface area contributed by atoms with Gasteiger partial charge in [0.2, 0.25) is 0 Å². The summed E-state index contributed by atoms with van der Waals surface area (Å²) in [6.07, 6.45) is 0. The van der Waals surface area contributed by atoms with E-state index in [2.05, 4.69) is 95.4 Å². The van der Waals surface area contributed by atoms with E-state index in [1.807, 2.05) is 23.5 Å². The number of benzene rings is 5. The molecule has 0 atom stereocenters. The maximum Gasteiger partial charge on any atom is 0.165 e. The minimum Gasteiger partial charge on any atom is -0.291 e. The molecule has 3 nitrogen and oxygen atoms in total. The van der Waals surface area contributed by atoms with Gasteiger partial charge in [-0.2, -0.15) is 0 Å². The highest BCUT2D eigenvalue weighted by Gasteiger charge is 2.23. The molecule has 0 fully saturated rings. The monoisotopic (exact) mass is 475 g/mol. The first kappa shape index (κ1) is 18.7. The molecule has 0 radical (unpaired) electrons. The Morgan fingerprint density at radius 2 is 1.36 bits per heavy atom. The molecule has 4 heterocycles. The van der Waals surface area contributed by atoms with Crippen LogP contribution in [0, 0.1) is 0 Å². The maximum absolute atomic E-state index is 5.18. The summed E-state index contributed by atoms with van der Waals surface area (Å²) < 4.78 is 4.91. The summed E-state index contributed by atoms with van der Waals surface area (Å²) in [5.74, 6) is 0. The smallest absolute Gasteiger partial charge is 0.165 e. The summed E-state index contributed by atoms with van der Waals surface area (Å²) >= 11 is 1.86. The Morgan fingerprint density at radius 1 is 0.583 bits per heavy atom. The van der Waals surface area contributed by atoms with Crippen LogP contribution >= 0.6 is 11.3 Å². The number of thiophene rings is 1. The Labute approximate surface area is 209 Å².